The van der Waals surface area contributed by atoms with Crippen LogP contribution in [0.3, 0.4) is 0 Å². The van der Waals surface area contributed by atoms with E-state index in [-0.39, 0.29) is 0 Å². The largest absolute Gasteiger partial charge is 0.479 e. The molecule has 1 aromatic heterocycles. The number of unbranched alkanes of at least 4 members (excludes halogenated alkanes) is 1. The van der Waals surface area contributed by atoms with Gasteiger partial charge in [0.15, 0.2) is 0 Å². The highest BCUT2D eigenvalue weighted by Crippen LogP contribution is 2.19. The third-order valence-corrected chi connectivity index (χ3v) is 2.86. The van der Waals surface area contributed by atoms with Crippen LogP contribution < -0.4 is 15.8 Å². The first-order chi connectivity index (χ1) is 7.77. The minimum Gasteiger partial charge on any atom is -0.479 e. The molecule has 1 rings (SSSR count). The number of methoxy groups -OCH3 is 1. The predicted molar refractivity (Wildman–Crippen MR) is 71.3 cm³/mol. The number of pyridine rings is 1. The maximum atomic E-state index is 5.68. The third-order valence-electron chi connectivity index (χ3n) is 2.16. The van der Waals surface area contributed by atoms with Gasteiger partial charge in [-0.3, -0.25) is 0 Å². The number of nitrogen functional groups attached to an aromatic ring is 1. The van der Waals surface area contributed by atoms with Crippen LogP contribution in [-0.2, 0) is 0 Å². The maximum Gasteiger partial charge on any atom is 0.238 e. The molecule has 5 heteroatoms. The first-order valence-electron chi connectivity index (χ1n) is 5.31. The number of thioether (sulfide) groups is 1. The maximum absolute atomic E-state index is 5.68. The van der Waals surface area contributed by atoms with Crippen LogP contribution >= 0.6 is 11.8 Å². The van der Waals surface area contributed by atoms with E-state index in [0.717, 1.165) is 18.8 Å². The fourth-order valence-corrected chi connectivity index (χ4v) is 1.79. The van der Waals surface area contributed by atoms with Crippen molar-refractivity contribution in [2.24, 2.45) is 0 Å². The van der Waals surface area contributed by atoms with Crippen LogP contribution in [0.25, 0.3) is 0 Å². The average Bonchev–Trinajstić information content (AvgIpc) is 2.31. The van der Waals surface area contributed by atoms with Crippen LogP contribution in [0, 0.1) is 0 Å². The van der Waals surface area contributed by atoms with Gasteiger partial charge in [0.2, 0.25) is 5.88 Å². The molecule has 0 aliphatic heterocycles. The Labute approximate surface area is 101 Å². The summed E-state index contributed by atoms with van der Waals surface area (Å²) in [4.78, 5) is 4.25. The van der Waals surface area contributed by atoms with Crippen molar-refractivity contribution in [3.63, 3.8) is 0 Å². The fourth-order valence-electron chi connectivity index (χ4n) is 1.30. The van der Waals surface area contributed by atoms with Crippen molar-refractivity contribution in [1.82, 2.24) is 4.98 Å². The average molecular weight is 241 g/mol. The highest BCUT2D eigenvalue weighted by Gasteiger charge is 2.01. The highest BCUT2D eigenvalue weighted by atomic mass is 32.2. The summed E-state index contributed by atoms with van der Waals surface area (Å²) >= 11 is 1.88. The van der Waals surface area contributed by atoms with Crippen molar-refractivity contribution in [1.29, 1.82) is 0 Å². The minimum atomic E-state index is 0.481. The molecule has 0 bridgehead atoms. The van der Waals surface area contributed by atoms with Gasteiger partial charge in [0.05, 0.1) is 12.8 Å². The molecule has 1 aromatic rings. The molecule has 0 saturated heterocycles. The lowest BCUT2D eigenvalue weighted by atomic mass is 10.3. The molecule has 1 heterocycles. The molecule has 0 radical (unpaired) electrons. The number of nitrogens with one attached hydrogen (secondary N) is 1. The van der Waals surface area contributed by atoms with Gasteiger partial charge in [-0.2, -0.15) is 16.7 Å². The van der Waals surface area contributed by atoms with Crippen molar-refractivity contribution in [2.45, 2.75) is 12.8 Å². The highest BCUT2D eigenvalue weighted by molar-refractivity contribution is 7.98. The second-order valence-corrected chi connectivity index (χ2v) is 4.41. The van der Waals surface area contributed by atoms with Gasteiger partial charge in [0.25, 0.3) is 0 Å². The molecule has 4 nitrogen and oxygen atoms in total. The Balaban J connectivity index is 2.36. The number of ether oxygens (including phenoxy) is 1. The zero-order valence-corrected chi connectivity index (χ0v) is 10.6. The van der Waals surface area contributed by atoms with E-state index < -0.39 is 0 Å². The lowest BCUT2D eigenvalue weighted by Gasteiger charge is -2.08. The summed E-state index contributed by atoms with van der Waals surface area (Å²) in [5, 5.41) is 3.25. The molecule has 0 aliphatic carbocycles. The molecule has 3 N–H and O–H groups in total. The Morgan fingerprint density at radius 2 is 2.25 bits per heavy atom. The first-order valence-corrected chi connectivity index (χ1v) is 6.70. The molecule has 0 aromatic carbocycles. The lowest BCUT2D eigenvalue weighted by Crippen LogP contribution is -2.05. The monoisotopic (exact) mass is 241 g/mol. The SMILES string of the molecule is COc1nc(NCCCCSC)ccc1N. The molecule has 16 heavy (non-hydrogen) atoms. The standard InChI is InChI=1S/C11H19N3OS/c1-15-11-9(12)5-6-10(14-11)13-7-3-4-8-16-2/h5-6H,3-4,7-8,12H2,1-2H3,(H,13,14). The number of nitrogens with zero attached hydrogens (tertiary/aromatic N) is 1. The predicted octanol–water partition coefficient (Wildman–Crippen LogP) is 2.23. The summed E-state index contributed by atoms with van der Waals surface area (Å²) in [6, 6.07) is 3.67. The van der Waals surface area contributed by atoms with E-state index in [1.54, 1.807) is 13.2 Å². The van der Waals surface area contributed by atoms with Crippen molar-refractivity contribution < 1.29 is 4.74 Å². The first kappa shape index (κ1) is 13.0. The van der Waals surface area contributed by atoms with Gasteiger partial charge in [-0.15, -0.1) is 0 Å². The smallest absolute Gasteiger partial charge is 0.238 e. The molecule has 0 atom stereocenters. The Morgan fingerprint density at radius 3 is 2.94 bits per heavy atom. The van der Waals surface area contributed by atoms with Crippen molar-refractivity contribution in [3.8, 4) is 5.88 Å². The number of hydrogen-bond acceptors (Lipinski definition) is 5. The van der Waals surface area contributed by atoms with E-state index in [1.807, 2.05) is 17.8 Å². The topological polar surface area (TPSA) is 60.2 Å². The summed E-state index contributed by atoms with van der Waals surface area (Å²) in [6.07, 6.45) is 4.50. The van der Waals surface area contributed by atoms with Crippen LogP contribution in [-0.4, -0.2) is 30.6 Å². The molecule has 0 spiro atoms. The van der Waals surface area contributed by atoms with Gasteiger partial charge < -0.3 is 15.8 Å². The van der Waals surface area contributed by atoms with E-state index in [1.165, 1.54) is 12.2 Å². The van der Waals surface area contributed by atoms with Crippen LogP contribution in [0.15, 0.2) is 12.1 Å². The molecule has 0 aliphatic rings. The van der Waals surface area contributed by atoms with E-state index >= 15 is 0 Å². The molecular weight excluding hydrogens is 222 g/mol. The van der Waals surface area contributed by atoms with Crippen LogP contribution in [0.4, 0.5) is 11.5 Å². The van der Waals surface area contributed by atoms with Gasteiger partial charge in [-0.1, -0.05) is 0 Å². The molecule has 90 valence electrons. The molecular formula is C11H19N3OS. The normalized spacial score (nSPS) is 10.1. The van der Waals surface area contributed by atoms with E-state index in [9.17, 15) is 0 Å². The summed E-state index contributed by atoms with van der Waals surface area (Å²) < 4.78 is 5.05. The van der Waals surface area contributed by atoms with E-state index in [4.69, 9.17) is 10.5 Å². The Bertz CT molecular complexity index is 320. The second kappa shape index (κ2) is 7.22. The Morgan fingerprint density at radius 1 is 1.44 bits per heavy atom. The quantitative estimate of drug-likeness (QED) is 0.717. The van der Waals surface area contributed by atoms with Crippen LogP contribution in [0.1, 0.15) is 12.8 Å². The zero-order chi connectivity index (χ0) is 11.8. The van der Waals surface area contributed by atoms with Gasteiger partial charge >= 0.3 is 0 Å². The number of aromatic nitrogens is 1. The Hall–Kier alpha value is -1.10. The summed E-state index contributed by atoms with van der Waals surface area (Å²) in [6.45, 7) is 0.931. The lowest BCUT2D eigenvalue weighted by molar-refractivity contribution is 0.401. The number of hydrogen-bond donors (Lipinski definition) is 2. The molecule has 0 amide bonds. The van der Waals surface area contributed by atoms with Gasteiger partial charge in [-0.25, -0.2) is 0 Å². The number of rotatable bonds is 7. The van der Waals surface area contributed by atoms with Crippen molar-refractivity contribution >= 4 is 23.3 Å². The zero-order valence-electron chi connectivity index (χ0n) is 9.82. The summed E-state index contributed by atoms with van der Waals surface area (Å²) in [5.41, 5.74) is 6.24. The minimum absolute atomic E-state index is 0.481. The van der Waals surface area contributed by atoms with Gasteiger partial charge in [0.1, 0.15) is 5.82 Å². The van der Waals surface area contributed by atoms with Crippen LogP contribution in [0.5, 0.6) is 5.88 Å². The van der Waals surface area contributed by atoms with E-state index in [2.05, 4.69) is 16.6 Å². The van der Waals surface area contributed by atoms with E-state index in [0.29, 0.717) is 11.6 Å². The van der Waals surface area contributed by atoms with Gasteiger partial charge in [-0.05, 0) is 37.0 Å². The molecule has 0 fully saturated rings. The molecule has 0 saturated carbocycles. The third kappa shape index (κ3) is 4.18. The number of anilines is 2. The van der Waals surface area contributed by atoms with Gasteiger partial charge in [0, 0.05) is 6.54 Å². The summed E-state index contributed by atoms with van der Waals surface area (Å²) in [5.74, 6) is 2.50. The van der Waals surface area contributed by atoms with Crippen molar-refractivity contribution in [3.05, 3.63) is 12.1 Å². The number of nitrogens with two attached hydrogens (primary N) is 1. The van der Waals surface area contributed by atoms with Crippen LogP contribution in [0.2, 0.25) is 0 Å². The Kier molecular flexibility index (Phi) is 5.85. The summed E-state index contributed by atoms with van der Waals surface area (Å²) in [7, 11) is 1.57. The fraction of sp³-hybridized carbons (Fsp3) is 0.545. The molecule has 0 unspecified atom stereocenters. The van der Waals surface area contributed by atoms with Crippen molar-refractivity contribution in [2.75, 3.05) is 36.7 Å². The second-order valence-electron chi connectivity index (χ2n) is 3.42.